The number of halogens is 1. The topological polar surface area (TPSA) is 59.8 Å². The summed E-state index contributed by atoms with van der Waals surface area (Å²) in [6.45, 7) is 5.82. The molecular formula is C20H21FN4OS. The number of hydrogen-bond donors (Lipinski definition) is 1. The van der Waals surface area contributed by atoms with E-state index in [4.69, 9.17) is 0 Å². The molecule has 1 N–H and O–H groups in total. The van der Waals surface area contributed by atoms with Crippen molar-refractivity contribution in [2.75, 3.05) is 5.32 Å². The van der Waals surface area contributed by atoms with E-state index in [1.54, 1.807) is 16.7 Å². The minimum Gasteiger partial charge on any atom is -0.325 e. The van der Waals surface area contributed by atoms with Crippen molar-refractivity contribution in [3.63, 3.8) is 0 Å². The zero-order valence-electron chi connectivity index (χ0n) is 15.7. The Morgan fingerprint density at radius 3 is 2.52 bits per heavy atom. The van der Waals surface area contributed by atoms with E-state index in [2.05, 4.69) is 15.5 Å². The number of aromatic nitrogens is 3. The molecule has 0 aliphatic rings. The summed E-state index contributed by atoms with van der Waals surface area (Å²) >= 11 is 1.33. The van der Waals surface area contributed by atoms with E-state index in [0.29, 0.717) is 11.0 Å². The molecule has 0 saturated heterocycles. The third kappa shape index (κ3) is 4.36. The summed E-state index contributed by atoms with van der Waals surface area (Å²) < 4.78 is 14.9. The smallest absolute Gasteiger partial charge is 0.237 e. The molecule has 0 radical (unpaired) electrons. The predicted octanol–water partition coefficient (Wildman–Crippen LogP) is 4.36. The molecule has 5 nitrogen and oxygen atoms in total. The Bertz CT molecular complexity index is 969. The number of hydrogen-bond acceptors (Lipinski definition) is 4. The molecule has 1 atom stereocenters. The highest BCUT2D eigenvalue weighted by atomic mass is 32.2. The number of amides is 1. The van der Waals surface area contributed by atoms with E-state index in [1.807, 2.05) is 46.0 Å². The number of nitrogens with zero attached hydrogens (tertiary/aromatic N) is 3. The summed E-state index contributed by atoms with van der Waals surface area (Å²) in [5.74, 6) is 0.227. The number of aryl methyl sites for hydroxylation is 2. The Hall–Kier alpha value is -2.67. The number of carbonyl (C=O) groups excluding carboxylic acids is 1. The molecule has 0 saturated carbocycles. The quantitative estimate of drug-likeness (QED) is 0.664. The molecule has 0 spiro atoms. The van der Waals surface area contributed by atoms with Crippen LogP contribution in [0.2, 0.25) is 0 Å². The third-order valence-corrected chi connectivity index (χ3v) is 5.36. The average Bonchev–Trinajstić information content (AvgIpc) is 2.98. The van der Waals surface area contributed by atoms with Crippen molar-refractivity contribution >= 4 is 23.4 Å². The van der Waals surface area contributed by atoms with Gasteiger partial charge in [-0.05, 0) is 56.7 Å². The summed E-state index contributed by atoms with van der Waals surface area (Å²) in [7, 11) is 1.83. The van der Waals surface area contributed by atoms with Crippen LogP contribution in [-0.2, 0) is 11.8 Å². The predicted molar refractivity (Wildman–Crippen MR) is 106 cm³/mol. The van der Waals surface area contributed by atoms with Gasteiger partial charge in [-0.15, -0.1) is 10.2 Å². The Morgan fingerprint density at radius 2 is 1.85 bits per heavy atom. The molecule has 7 heteroatoms. The van der Waals surface area contributed by atoms with E-state index in [0.717, 1.165) is 22.4 Å². The SMILES string of the molecule is Cc1ccc(NC(=O)C(C)Sc2nnc(-c3ccc(F)cc3)n2C)c(C)c1. The van der Waals surface area contributed by atoms with Gasteiger partial charge >= 0.3 is 0 Å². The lowest BCUT2D eigenvalue weighted by molar-refractivity contribution is -0.115. The summed E-state index contributed by atoms with van der Waals surface area (Å²) in [5.41, 5.74) is 3.76. The van der Waals surface area contributed by atoms with Gasteiger partial charge in [0.2, 0.25) is 5.91 Å². The lowest BCUT2D eigenvalue weighted by Gasteiger charge is -2.13. The first-order valence-electron chi connectivity index (χ1n) is 8.55. The van der Waals surface area contributed by atoms with Gasteiger partial charge < -0.3 is 9.88 Å². The maximum absolute atomic E-state index is 13.1. The molecule has 140 valence electrons. The molecule has 2 aromatic carbocycles. The van der Waals surface area contributed by atoms with Gasteiger partial charge in [-0.2, -0.15) is 0 Å². The van der Waals surface area contributed by atoms with E-state index in [-0.39, 0.29) is 17.0 Å². The number of thioether (sulfide) groups is 1. The number of anilines is 1. The van der Waals surface area contributed by atoms with Crippen molar-refractivity contribution in [3.8, 4) is 11.4 Å². The molecule has 3 aromatic rings. The molecule has 0 bridgehead atoms. The van der Waals surface area contributed by atoms with Crippen molar-refractivity contribution in [2.24, 2.45) is 7.05 Å². The molecular weight excluding hydrogens is 363 g/mol. The van der Waals surface area contributed by atoms with E-state index in [1.165, 1.54) is 23.9 Å². The van der Waals surface area contributed by atoms with Crippen molar-refractivity contribution in [1.29, 1.82) is 0 Å². The fraction of sp³-hybridized carbons (Fsp3) is 0.250. The number of rotatable bonds is 5. The highest BCUT2D eigenvalue weighted by Gasteiger charge is 2.20. The lowest BCUT2D eigenvalue weighted by Crippen LogP contribution is -2.23. The van der Waals surface area contributed by atoms with Crippen LogP contribution in [0.5, 0.6) is 0 Å². The minimum atomic E-state index is -0.352. The Morgan fingerprint density at radius 1 is 1.15 bits per heavy atom. The zero-order chi connectivity index (χ0) is 19.6. The summed E-state index contributed by atoms with van der Waals surface area (Å²) in [6, 6.07) is 12.0. The summed E-state index contributed by atoms with van der Waals surface area (Å²) in [5, 5.41) is 11.6. The van der Waals surface area contributed by atoms with Crippen LogP contribution in [0.4, 0.5) is 10.1 Å². The van der Waals surface area contributed by atoms with Crippen LogP contribution < -0.4 is 5.32 Å². The first-order valence-corrected chi connectivity index (χ1v) is 9.43. The number of nitrogens with one attached hydrogen (secondary N) is 1. The van der Waals surface area contributed by atoms with Crippen molar-refractivity contribution in [3.05, 3.63) is 59.4 Å². The van der Waals surface area contributed by atoms with Crippen LogP contribution >= 0.6 is 11.8 Å². The summed E-state index contributed by atoms with van der Waals surface area (Å²) in [6.07, 6.45) is 0. The molecule has 1 unspecified atom stereocenters. The van der Waals surface area contributed by atoms with Gasteiger partial charge in [0.05, 0.1) is 5.25 Å². The minimum absolute atomic E-state index is 0.0988. The molecule has 0 fully saturated rings. The molecule has 0 aliphatic carbocycles. The van der Waals surface area contributed by atoms with Gasteiger partial charge in [-0.3, -0.25) is 4.79 Å². The average molecular weight is 384 g/mol. The molecule has 27 heavy (non-hydrogen) atoms. The monoisotopic (exact) mass is 384 g/mol. The molecule has 0 aliphatic heterocycles. The third-order valence-electron chi connectivity index (χ3n) is 4.23. The highest BCUT2D eigenvalue weighted by Crippen LogP contribution is 2.27. The first-order chi connectivity index (χ1) is 12.8. The molecule has 3 rings (SSSR count). The number of carbonyl (C=O) groups is 1. The van der Waals surface area contributed by atoms with E-state index in [9.17, 15) is 9.18 Å². The molecule has 1 heterocycles. The van der Waals surface area contributed by atoms with Crippen LogP contribution in [-0.4, -0.2) is 25.9 Å². The van der Waals surface area contributed by atoms with Crippen LogP contribution in [0.25, 0.3) is 11.4 Å². The molecule has 1 aromatic heterocycles. The van der Waals surface area contributed by atoms with Crippen molar-refractivity contribution in [1.82, 2.24) is 14.8 Å². The van der Waals surface area contributed by atoms with Gasteiger partial charge in [0.1, 0.15) is 5.82 Å². The fourth-order valence-corrected chi connectivity index (χ4v) is 3.48. The number of benzene rings is 2. The fourth-order valence-electron chi connectivity index (χ4n) is 2.67. The normalized spacial score (nSPS) is 12.0. The van der Waals surface area contributed by atoms with Gasteiger partial charge in [0.25, 0.3) is 0 Å². The lowest BCUT2D eigenvalue weighted by atomic mass is 10.1. The van der Waals surface area contributed by atoms with Crippen LogP contribution in [0.15, 0.2) is 47.6 Å². The Balaban J connectivity index is 1.71. The van der Waals surface area contributed by atoms with Crippen LogP contribution in [0.1, 0.15) is 18.1 Å². The van der Waals surface area contributed by atoms with Crippen LogP contribution in [0, 0.1) is 19.7 Å². The Kier molecular flexibility index (Phi) is 5.60. The first kappa shape index (κ1) is 19.1. The van der Waals surface area contributed by atoms with E-state index < -0.39 is 0 Å². The van der Waals surface area contributed by atoms with Gasteiger partial charge in [0, 0.05) is 18.3 Å². The second-order valence-electron chi connectivity index (χ2n) is 6.44. The largest absolute Gasteiger partial charge is 0.325 e. The van der Waals surface area contributed by atoms with E-state index >= 15 is 0 Å². The molecule has 1 amide bonds. The van der Waals surface area contributed by atoms with Crippen molar-refractivity contribution in [2.45, 2.75) is 31.2 Å². The van der Waals surface area contributed by atoms with Gasteiger partial charge in [-0.25, -0.2) is 4.39 Å². The Labute approximate surface area is 162 Å². The zero-order valence-corrected chi connectivity index (χ0v) is 16.5. The maximum Gasteiger partial charge on any atom is 0.237 e. The second kappa shape index (κ2) is 7.92. The standard InChI is InChI=1S/C20H21FN4OS/c1-12-5-10-17(13(2)11-12)22-19(26)14(3)27-20-24-23-18(25(20)4)15-6-8-16(21)9-7-15/h5-11,14H,1-4H3,(H,22,26). The van der Waals surface area contributed by atoms with Crippen molar-refractivity contribution < 1.29 is 9.18 Å². The second-order valence-corrected chi connectivity index (χ2v) is 7.75. The maximum atomic E-state index is 13.1. The highest BCUT2D eigenvalue weighted by molar-refractivity contribution is 8.00. The van der Waals surface area contributed by atoms with Crippen LogP contribution in [0.3, 0.4) is 0 Å². The van der Waals surface area contributed by atoms with Gasteiger partial charge in [0.15, 0.2) is 11.0 Å². The summed E-state index contributed by atoms with van der Waals surface area (Å²) in [4.78, 5) is 12.5. The van der Waals surface area contributed by atoms with Gasteiger partial charge in [-0.1, -0.05) is 29.5 Å².